The molecule has 0 saturated carbocycles. The van der Waals surface area contributed by atoms with Gasteiger partial charge in [-0.05, 0) is 26.0 Å². The Kier molecular flexibility index (Phi) is 5.15. The number of aryl methyl sites for hydroxylation is 1. The number of carbonyl (C=O) groups excluding carboxylic acids is 1. The molecule has 0 spiro atoms. The van der Waals surface area contributed by atoms with Crippen LogP contribution in [0.5, 0.6) is 0 Å². The Labute approximate surface area is 135 Å². The maximum Gasteiger partial charge on any atom is 0.276 e. The third kappa shape index (κ3) is 3.28. The normalized spacial score (nSPS) is 17.9. The first-order valence-electron chi connectivity index (χ1n) is 7.16. The molecule has 1 saturated heterocycles. The Hall–Kier alpha value is -1.92. The number of nitrogens with zero attached hydrogens (tertiary/aromatic N) is 4. The van der Waals surface area contributed by atoms with E-state index >= 15 is 0 Å². The fourth-order valence-electron chi connectivity index (χ4n) is 2.48. The summed E-state index contributed by atoms with van der Waals surface area (Å²) in [6, 6.07) is 8.13. The number of nitrogens with one attached hydrogen (secondary N) is 1. The van der Waals surface area contributed by atoms with Gasteiger partial charge in [0.05, 0.1) is 11.9 Å². The molecular weight excluding hydrogens is 302 g/mol. The molecule has 1 aromatic heterocycles. The van der Waals surface area contributed by atoms with Crippen molar-refractivity contribution in [3.8, 4) is 5.69 Å². The summed E-state index contributed by atoms with van der Waals surface area (Å²) in [5.74, 6) is -0.0534. The molecule has 1 N–H and O–H groups in total. The quantitative estimate of drug-likeness (QED) is 0.909. The standard InChI is InChI=1S/C15H19N5O.ClH/c1-11-3-5-13(6-4-11)20-10-14(17-18-20)15(21)19-8-7-16-9-12(19)2;/h3-6,10,12,16H,7-9H2,1-2H3;1H/t12-;/m1./s1. The molecule has 22 heavy (non-hydrogen) atoms. The Balaban J connectivity index is 0.00000176. The van der Waals surface area contributed by atoms with Crippen LogP contribution in [0.2, 0.25) is 0 Å². The van der Waals surface area contributed by atoms with E-state index in [4.69, 9.17) is 0 Å². The number of benzene rings is 1. The molecule has 1 atom stereocenters. The summed E-state index contributed by atoms with van der Waals surface area (Å²) in [6.07, 6.45) is 1.70. The molecule has 0 radical (unpaired) electrons. The fourth-order valence-corrected chi connectivity index (χ4v) is 2.48. The molecule has 6 nitrogen and oxygen atoms in total. The van der Waals surface area contributed by atoms with E-state index in [0.29, 0.717) is 12.2 Å². The highest BCUT2D eigenvalue weighted by molar-refractivity contribution is 5.92. The first-order valence-corrected chi connectivity index (χ1v) is 7.16. The summed E-state index contributed by atoms with van der Waals surface area (Å²) in [5.41, 5.74) is 2.48. The smallest absolute Gasteiger partial charge is 0.276 e. The summed E-state index contributed by atoms with van der Waals surface area (Å²) < 4.78 is 1.64. The van der Waals surface area contributed by atoms with Crippen LogP contribution in [-0.2, 0) is 0 Å². The number of hydrogen-bond acceptors (Lipinski definition) is 4. The summed E-state index contributed by atoms with van der Waals surface area (Å²) in [5, 5.41) is 11.4. The van der Waals surface area contributed by atoms with E-state index in [2.05, 4.69) is 15.6 Å². The van der Waals surface area contributed by atoms with Crippen LogP contribution in [0, 0.1) is 6.92 Å². The van der Waals surface area contributed by atoms with E-state index in [9.17, 15) is 4.79 Å². The van der Waals surface area contributed by atoms with Crippen LogP contribution >= 0.6 is 12.4 Å². The summed E-state index contributed by atoms with van der Waals surface area (Å²) in [4.78, 5) is 14.3. The van der Waals surface area contributed by atoms with Gasteiger partial charge in [-0.1, -0.05) is 22.9 Å². The largest absolute Gasteiger partial charge is 0.332 e. The molecule has 7 heteroatoms. The topological polar surface area (TPSA) is 63.1 Å². The highest BCUT2D eigenvalue weighted by atomic mass is 35.5. The van der Waals surface area contributed by atoms with Crippen LogP contribution in [0.1, 0.15) is 23.0 Å². The van der Waals surface area contributed by atoms with E-state index in [1.54, 1.807) is 10.9 Å². The minimum Gasteiger partial charge on any atom is -0.332 e. The van der Waals surface area contributed by atoms with Gasteiger partial charge < -0.3 is 10.2 Å². The average Bonchev–Trinajstić information content (AvgIpc) is 2.98. The molecule has 0 aliphatic carbocycles. The van der Waals surface area contributed by atoms with Gasteiger partial charge in [-0.3, -0.25) is 4.79 Å². The van der Waals surface area contributed by atoms with Gasteiger partial charge in [0.2, 0.25) is 0 Å². The van der Waals surface area contributed by atoms with Crippen molar-refractivity contribution in [3.05, 3.63) is 41.7 Å². The predicted molar refractivity (Wildman–Crippen MR) is 86.7 cm³/mol. The lowest BCUT2D eigenvalue weighted by Gasteiger charge is -2.33. The molecule has 0 unspecified atom stereocenters. The van der Waals surface area contributed by atoms with Crippen molar-refractivity contribution in [2.24, 2.45) is 0 Å². The van der Waals surface area contributed by atoms with Gasteiger partial charge in [-0.25, -0.2) is 4.68 Å². The Morgan fingerprint density at radius 1 is 1.32 bits per heavy atom. The zero-order valence-corrected chi connectivity index (χ0v) is 13.5. The molecule has 1 aliphatic heterocycles. The van der Waals surface area contributed by atoms with Crippen LogP contribution in [-0.4, -0.2) is 51.5 Å². The molecule has 2 aromatic rings. The number of rotatable bonds is 2. The van der Waals surface area contributed by atoms with Gasteiger partial charge >= 0.3 is 0 Å². The van der Waals surface area contributed by atoms with Crippen molar-refractivity contribution >= 4 is 18.3 Å². The van der Waals surface area contributed by atoms with Gasteiger partial charge in [-0.15, -0.1) is 17.5 Å². The van der Waals surface area contributed by atoms with E-state index in [-0.39, 0.29) is 24.4 Å². The molecule has 0 bridgehead atoms. The molecule has 1 aromatic carbocycles. The second-order valence-corrected chi connectivity index (χ2v) is 5.44. The Morgan fingerprint density at radius 3 is 2.73 bits per heavy atom. The van der Waals surface area contributed by atoms with Gasteiger partial charge in [0.25, 0.3) is 5.91 Å². The van der Waals surface area contributed by atoms with Gasteiger partial charge in [-0.2, -0.15) is 0 Å². The SMILES string of the molecule is Cc1ccc(-n2cc(C(=O)N3CCNC[C@H]3C)nn2)cc1.Cl. The lowest BCUT2D eigenvalue weighted by atomic mass is 10.2. The zero-order chi connectivity index (χ0) is 14.8. The second kappa shape index (κ2) is 6.89. The minimum absolute atomic E-state index is 0. The van der Waals surface area contributed by atoms with E-state index in [1.165, 1.54) is 5.56 Å². The number of piperazine rings is 1. The monoisotopic (exact) mass is 321 g/mol. The highest BCUT2D eigenvalue weighted by Gasteiger charge is 2.26. The number of hydrogen-bond donors (Lipinski definition) is 1. The molecule has 1 fully saturated rings. The third-order valence-electron chi connectivity index (χ3n) is 3.77. The lowest BCUT2D eigenvalue weighted by Crippen LogP contribution is -2.52. The third-order valence-corrected chi connectivity index (χ3v) is 3.77. The number of aromatic nitrogens is 3. The van der Waals surface area contributed by atoms with Crippen molar-refractivity contribution in [3.63, 3.8) is 0 Å². The predicted octanol–water partition coefficient (Wildman–Crippen LogP) is 1.43. The van der Waals surface area contributed by atoms with Gasteiger partial charge in [0.1, 0.15) is 0 Å². The Morgan fingerprint density at radius 2 is 2.05 bits per heavy atom. The molecule has 118 valence electrons. The van der Waals surface area contributed by atoms with Crippen LogP contribution in [0.4, 0.5) is 0 Å². The molecular formula is C15H20ClN5O. The molecule has 2 heterocycles. The van der Waals surface area contributed by atoms with Crippen LogP contribution in [0.3, 0.4) is 0 Å². The lowest BCUT2D eigenvalue weighted by molar-refractivity contribution is 0.0649. The van der Waals surface area contributed by atoms with Crippen molar-refractivity contribution in [2.75, 3.05) is 19.6 Å². The zero-order valence-electron chi connectivity index (χ0n) is 12.7. The summed E-state index contributed by atoms with van der Waals surface area (Å²) >= 11 is 0. The fraction of sp³-hybridized carbons (Fsp3) is 0.400. The van der Waals surface area contributed by atoms with E-state index in [1.807, 2.05) is 43.0 Å². The second-order valence-electron chi connectivity index (χ2n) is 5.44. The number of amides is 1. The van der Waals surface area contributed by atoms with Crippen molar-refractivity contribution in [1.82, 2.24) is 25.2 Å². The van der Waals surface area contributed by atoms with Gasteiger partial charge in [0.15, 0.2) is 5.69 Å². The molecule has 1 aliphatic rings. The first kappa shape index (κ1) is 16.5. The molecule has 1 amide bonds. The highest BCUT2D eigenvalue weighted by Crippen LogP contribution is 2.11. The van der Waals surface area contributed by atoms with Crippen molar-refractivity contribution in [1.29, 1.82) is 0 Å². The van der Waals surface area contributed by atoms with Crippen LogP contribution in [0.25, 0.3) is 5.69 Å². The Bertz CT molecular complexity index is 640. The number of carbonyl (C=O) groups is 1. The maximum atomic E-state index is 12.5. The first-order chi connectivity index (χ1) is 10.1. The van der Waals surface area contributed by atoms with Crippen LogP contribution < -0.4 is 5.32 Å². The van der Waals surface area contributed by atoms with Crippen LogP contribution in [0.15, 0.2) is 30.5 Å². The molecule has 3 rings (SSSR count). The summed E-state index contributed by atoms with van der Waals surface area (Å²) in [7, 11) is 0. The van der Waals surface area contributed by atoms with Crippen molar-refractivity contribution in [2.45, 2.75) is 19.9 Å². The van der Waals surface area contributed by atoms with E-state index < -0.39 is 0 Å². The maximum absolute atomic E-state index is 12.5. The van der Waals surface area contributed by atoms with Crippen molar-refractivity contribution < 1.29 is 4.79 Å². The number of halogens is 1. The summed E-state index contributed by atoms with van der Waals surface area (Å²) in [6.45, 7) is 6.41. The average molecular weight is 322 g/mol. The van der Waals surface area contributed by atoms with E-state index in [0.717, 1.165) is 18.8 Å². The van der Waals surface area contributed by atoms with Gasteiger partial charge in [0, 0.05) is 25.7 Å². The minimum atomic E-state index is -0.0534.